The quantitative estimate of drug-likeness (QED) is 0.263. The monoisotopic (exact) mass is 550 g/mol. The lowest BCUT2D eigenvalue weighted by atomic mass is 10.1. The number of benzene rings is 3. The van der Waals surface area contributed by atoms with Gasteiger partial charge in [-0.15, -0.1) is 0 Å². The number of aromatic nitrogens is 4. The molecule has 41 heavy (non-hydrogen) atoms. The Morgan fingerprint density at radius 2 is 1.73 bits per heavy atom. The molecule has 0 spiro atoms. The fourth-order valence-corrected chi connectivity index (χ4v) is 4.38. The Kier molecular flexibility index (Phi) is 7.33. The number of hydrogen-bond donors (Lipinski definition) is 3. The number of nitrogens with zero attached hydrogens (tertiary/aromatic N) is 4. The maximum absolute atomic E-state index is 13.2. The Morgan fingerprint density at radius 1 is 1.00 bits per heavy atom. The van der Waals surface area contributed by atoms with Gasteiger partial charge in [-0.3, -0.25) is 14.3 Å². The lowest BCUT2D eigenvalue weighted by molar-refractivity contribution is -0.139. The topological polar surface area (TPSA) is 154 Å². The number of hydrogen-bond acceptors (Lipinski definition) is 7. The number of carboxylic acid groups (broad SMARTS) is 1. The number of nitrogens with one attached hydrogen (secondary N) is 1. The summed E-state index contributed by atoms with van der Waals surface area (Å²) in [5.41, 5.74) is 9.73. The van der Waals surface area contributed by atoms with E-state index < -0.39 is 24.0 Å². The minimum Gasteiger partial charge on any atom is -0.482 e. The molecule has 11 nitrogen and oxygen atoms in total. The molecule has 0 atom stereocenters. The number of nitrogen functional groups attached to an aromatic ring is 1. The number of ether oxygens (including phenoxy) is 1. The van der Waals surface area contributed by atoms with Crippen LogP contribution in [0, 0.1) is 6.92 Å². The molecule has 5 rings (SSSR count). The van der Waals surface area contributed by atoms with Gasteiger partial charge in [-0.2, -0.15) is 0 Å². The fourth-order valence-electron chi connectivity index (χ4n) is 4.38. The highest BCUT2D eigenvalue weighted by atomic mass is 16.5. The first-order valence-electron chi connectivity index (χ1n) is 12.6. The first kappa shape index (κ1) is 26.9. The number of para-hydroxylation sites is 1. The van der Waals surface area contributed by atoms with Crippen LogP contribution in [0.1, 0.15) is 16.1 Å². The number of amides is 1. The maximum Gasteiger partial charge on any atom is 0.341 e. The van der Waals surface area contributed by atoms with Crippen LogP contribution in [-0.2, 0) is 11.8 Å². The molecule has 5 aromatic rings. The van der Waals surface area contributed by atoms with Crippen LogP contribution in [0.4, 0.5) is 11.5 Å². The van der Waals surface area contributed by atoms with Crippen molar-refractivity contribution in [2.24, 2.45) is 7.05 Å². The van der Waals surface area contributed by atoms with Crippen molar-refractivity contribution in [3.8, 4) is 34.0 Å². The Bertz CT molecular complexity index is 1810. The molecule has 2 aromatic heterocycles. The lowest BCUT2D eigenvalue weighted by Crippen LogP contribution is -2.25. The zero-order valence-electron chi connectivity index (χ0n) is 22.2. The van der Waals surface area contributed by atoms with E-state index in [0.717, 1.165) is 0 Å². The maximum atomic E-state index is 13.2. The van der Waals surface area contributed by atoms with Gasteiger partial charge in [0.05, 0.1) is 23.3 Å². The molecular formula is C30H26N6O5. The van der Waals surface area contributed by atoms with Gasteiger partial charge in [0.15, 0.2) is 6.61 Å². The Morgan fingerprint density at radius 3 is 2.44 bits per heavy atom. The number of carbonyl (C=O) groups excluding carboxylic acids is 1. The molecule has 11 heteroatoms. The van der Waals surface area contributed by atoms with Crippen LogP contribution < -0.4 is 21.3 Å². The van der Waals surface area contributed by atoms with Gasteiger partial charge in [0.2, 0.25) is 0 Å². The van der Waals surface area contributed by atoms with Gasteiger partial charge in [0, 0.05) is 23.9 Å². The first-order chi connectivity index (χ1) is 19.7. The largest absolute Gasteiger partial charge is 0.482 e. The van der Waals surface area contributed by atoms with E-state index in [1.165, 1.54) is 10.9 Å². The minimum absolute atomic E-state index is 0.0535. The van der Waals surface area contributed by atoms with Crippen LogP contribution in [0.15, 0.2) is 89.9 Å². The number of rotatable bonds is 8. The number of aliphatic carboxylic acids is 1. The standard InChI is InChI=1S/C30H26N6O5/c1-18-26(30(40)36(35(18)2)22-8-4-3-5-9-22)29(39)33-21-13-11-19(12-14-21)27-28(31)32-16-24(34-27)20-7-6-10-23(15-20)41-17-25(37)38/h3-16H,17H2,1-2H3,(H2,31,32)(H,33,39)(H,37,38). The SMILES string of the molecule is Cc1c(C(=O)Nc2ccc(-c3nc(-c4cccc(OCC(=O)O)c4)cnc3N)cc2)c(=O)n(-c2ccccc2)n1C. The van der Waals surface area contributed by atoms with Gasteiger partial charge in [-0.05, 0) is 43.3 Å². The van der Waals surface area contributed by atoms with Crippen LogP contribution in [0.25, 0.3) is 28.2 Å². The van der Waals surface area contributed by atoms with Gasteiger partial charge in [-0.25, -0.2) is 19.4 Å². The van der Waals surface area contributed by atoms with Crippen LogP contribution in [0.5, 0.6) is 5.75 Å². The number of nitrogens with two attached hydrogens (primary N) is 1. The van der Waals surface area contributed by atoms with E-state index in [1.54, 1.807) is 79.3 Å². The predicted octanol–water partition coefficient (Wildman–Crippen LogP) is 3.91. The van der Waals surface area contributed by atoms with Crippen molar-refractivity contribution in [1.82, 2.24) is 19.3 Å². The Hall–Kier alpha value is -5.71. The van der Waals surface area contributed by atoms with Crippen LogP contribution in [0.3, 0.4) is 0 Å². The summed E-state index contributed by atoms with van der Waals surface area (Å²) >= 11 is 0. The summed E-state index contributed by atoms with van der Waals surface area (Å²) in [5.74, 6) is -0.996. The van der Waals surface area contributed by atoms with Crippen molar-refractivity contribution in [3.63, 3.8) is 0 Å². The molecule has 0 saturated heterocycles. The first-order valence-corrected chi connectivity index (χ1v) is 12.6. The molecule has 2 heterocycles. The molecule has 3 aromatic carbocycles. The molecule has 1 amide bonds. The van der Waals surface area contributed by atoms with E-state index in [9.17, 15) is 14.4 Å². The molecule has 0 bridgehead atoms. The van der Waals surface area contributed by atoms with Crippen molar-refractivity contribution in [1.29, 1.82) is 0 Å². The second-order valence-electron chi connectivity index (χ2n) is 9.17. The van der Waals surface area contributed by atoms with E-state index in [2.05, 4.69) is 15.3 Å². The highest BCUT2D eigenvalue weighted by Crippen LogP contribution is 2.28. The van der Waals surface area contributed by atoms with Crippen molar-refractivity contribution in [2.75, 3.05) is 17.7 Å². The van der Waals surface area contributed by atoms with E-state index in [4.69, 9.17) is 15.6 Å². The Labute approximate surface area is 234 Å². The summed E-state index contributed by atoms with van der Waals surface area (Å²) in [4.78, 5) is 46.1. The van der Waals surface area contributed by atoms with E-state index in [0.29, 0.717) is 45.3 Å². The van der Waals surface area contributed by atoms with E-state index >= 15 is 0 Å². The summed E-state index contributed by atoms with van der Waals surface area (Å²) in [6, 6.07) is 22.8. The van der Waals surface area contributed by atoms with E-state index in [-0.39, 0.29) is 11.4 Å². The van der Waals surface area contributed by atoms with Crippen molar-refractivity contribution < 1.29 is 19.4 Å². The van der Waals surface area contributed by atoms with Gasteiger partial charge in [-0.1, -0.05) is 42.5 Å². The molecule has 0 aliphatic carbocycles. The average molecular weight is 551 g/mol. The third-order valence-electron chi connectivity index (χ3n) is 6.49. The third-order valence-corrected chi connectivity index (χ3v) is 6.49. The molecular weight excluding hydrogens is 524 g/mol. The summed E-state index contributed by atoms with van der Waals surface area (Å²) < 4.78 is 8.37. The van der Waals surface area contributed by atoms with Crippen molar-refractivity contribution >= 4 is 23.4 Å². The summed E-state index contributed by atoms with van der Waals surface area (Å²) in [6.45, 7) is 1.26. The number of carbonyl (C=O) groups is 2. The second-order valence-corrected chi connectivity index (χ2v) is 9.17. The van der Waals surface area contributed by atoms with E-state index in [1.807, 2.05) is 18.2 Å². The van der Waals surface area contributed by atoms with Gasteiger partial charge in [0.1, 0.15) is 22.8 Å². The van der Waals surface area contributed by atoms with Crippen LogP contribution >= 0.6 is 0 Å². The normalized spacial score (nSPS) is 10.8. The van der Waals surface area contributed by atoms with Gasteiger partial charge >= 0.3 is 5.97 Å². The summed E-state index contributed by atoms with van der Waals surface area (Å²) in [7, 11) is 1.73. The molecule has 0 aliphatic heterocycles. The fraction of sp³-hybridized carbons (Fsp3) is 0.100. The minimum atomic E-state index is -1.08. The van der Waals surface area contributed by atoms with Crippen molar-refractivity contribution in [3.05, 3.63) is 107 Å². The zero-order valence-corrected chi connectivity index (χ0v) is 22.2. The molecule has 0 fully saturated rings. The number of carboxylic acids is 1. The highest BCUT2D eigenvalue weighted by molar-refractivity contribution is 6.05. The molecule has 0 aliphatic rings. The zero-order chi connectivity index (χ0) is 29.1. The highest BCUT2D eigenvalue weighted by Gasteiger charge is 2.22. The smallest absolute Gasteiger partial charge is 0.341 e. The Balaban J connectivity index is 1.37. The lowest BCUT2D eigenvalue weighted by Gasteiger charge is -2.10. The summed E-state index contributed by atoms with van der Waals surface area (Å²) in [6.07, 6.45) is 1.52. The average Bonchev–Trinajstić information content (AvgIpc) is 3.20. The molecule has 0 unspecified atom stereocenters. The third kappa shape index (κ3) is 5.55. The van der Waals surface area contributed by atoms with Crippen LogP contribution in [0.2, 0.25) is 0 Å². The number of anilines is 2. The molecule has 0 radical (unpaired) electrons. The molecule has 4 N–H and O–H groups in total. The second kappa shape index (κ2) is 11.2. The van der Waals surface area contributed by atoms with Crippen LogP contribution in [-0.4, -0.2) is 42.9 Å². The van der Waals surface area contributed by atoms with Crippen molar-refractivity contribution in [2.45, 2.75) is 6.92 Å². The molecule has 0 saturated carbocycles. The van der Waals surface area contributed by atoms with Gasteiger partial charge in [0.25, 0.3) is 11.5 Å². The van der Waals surface area contributed by atoms with Gasteiger partial charge < -0.3 is 20.9 Å². The predicted molar refractivity (Wildman–Crippen MR) is 154 cm³/mol. The molecule has 206 valence electrons. The summed E-state index contributed by atoms with van der Waals surface area (Å²) in [5, 5.41) is 11.7.